The molecule has 2 aromatic rings. The minimum absolute atomic E-state index is 0.0233. The molecule has 0 unspecified atom stereocenters. The zero-order chi connectivity index (χ0) is 18.6. The fourth-order valence-corrected chi connectivity index (χ4v) is 2.95. The van der Waals surface area contributed by atoms with E-state index in [1.807, 2.05) is 0 Å². The van der Waals surface area contributed by atoms with E-state index in [0.717, 1.165) is 37.8 Å². The first-order valence-corrected chi connectivity index (χ1v) is 8.41. The maximum Gasteiger partial charge on any atom is 0.573 e. The summed E-state index contributed by atoms with van der Waals surface area (Å²) < 4.78 is 45.7. The van der Waals surface area contributed by atoms with Gasteiger partial charge in [0.1, 0.15) is 5.75 Å². The van der Waals surface area contributed by atoms with Gasteiger partial charge in [0.2, 0.25) is 5.89 Å². The number of carbonyl (C=O) groups excluding carboxylic acids is 1. The van der Waals surface area contributed by atoms with Gasteiger partial charge in [0.15, 0.2) is 0 Å². The van der Waals surface area contributed by atoms with E-state index in [2.05, 4.69) is 20.3 Å². The number of hydrogen-bond donors (Lipinski definition) is 1. The molecule has 26 heavy (non-hydrogen) atoms. The van der Waals surface area contributed by atoms with Gasteiger partial charge in [-0.05, 0) is 37.1 Å². The molecule has 9 heteroatoms. The molecule has 1 N–H and O–H groups in total. The van der Waals surface area contributed by atoms with Crippen LogP contribution in [0.25, 0.3) is 0 Å². The molecule has 0 atom stereocenters. The fourth-order valence-electron chi connectivity index (χ4n) is 2.95. The lowest BCUT2D eigenvalue weighted by Gasteiger charge is -2.09. The Morgan fingerprint density at radius 2 is 1.73 bits per heavy atom. The number of nitrogens with one attached hydrogen (secondary N) is 1. The second kappa shape index (κ2) is 7.76. The number of nitrogens with zero attached hydrogens (tertiary/aromatic N) is 2. The highest BCUT2D eigenvalue weighted by Crippen LogP contribution is 2.31. The van der Waals surface area contributed by atoms with E-state index in [1.165, 1.54) is 25.0 Å². The van der Waals surface area contributed by atoms with Gasteiger partial charge in [0.05, 0.1) is 0 Å². The highest BCUT2D eigenvalue weighted by atomic mass is 19.4. The quantitative estimate of drug-likeness (QED) is 0.793. The first-order valence-electron chi connectivity index (χ1n) is 8.41. The van der Waals surface area contributed by atoms with Crippen molar-refractivity contribution < 1.29 is 27.1 Å². The maximum atomic E-state index is 12.1. The number of amides is 1. The third-order valence-electron chi connectivity index (χ3n) is 4.22. The predicted molar refractivity (Wildman–Crippen MR) is 85.8 cm³/mol. The van der Waals surface area contributed by atoms with Crippen molar-refractivity contribution in [1.82, 2.24) is 10.2 Å². The number of benzene rings is 1. The zero-order valence-electron chi connectivity index (χ0n) is 13.9. The van der Waals surface area contributed by atoms with Crippen LogP contribution in [0.2, 0.25) is 0 Å². The summed E-state index contributed by atoms with van der Waals surface area (Å²) in [6.45, 7) is 0. The lowest BCUT2D eigenvalue weighted by atomic mass is 10.0. The molecule has 6 nitrogen and oxygen atoms in total. The molecule has 1 saturated carbocycles. The zero-order valence-corrected chi connectivity index (χ0v) is 13.9. The summed E-state index contributed by atoms with van der Waals surface area (Å²) in [5.74, 6) is -0.243. The molecule has 0 bridgehead atoms. The summed E-state index contributed by atoms with van der Waals surface area (Å²) in [6, 6.07) is 4.54. The summed E-state index contributed by atoms with van der Waals surface area (Å²) in [4.78, 5) is 12.1. The number of halogens is 3. The molecule has 0 saturated heterocycles. The summed E-state index contributed by atoms with van der Waals surface area (Å²) in [5.41, 5.74) is 0.147. The highest BCUT2D eigenvalue weighted by Gasteiger charge is 2.31. The van der Waals surface area contributed by atoms with Crippen molar-refractivity contribution >= 4 is 11.9 Å². The number of rotatable bonds is 4. The van der Waals surface area contributed by atoms with Crippen molar-refractivity contribution in [3.05, 3.63) is 35.7 Å². The molecule has 3 rings (SSSR count). The van der Waals surface area contributed by atoms with Gasteiger partial charge in [-0.25, -0.2) is 0 Å². The van der Waals surface area contributed by atoms with Crippen molar-refractivity contribution in [2.24, 2.45) is 0 Å². The van der Waals surface area contributed by atoms with E-state index in [0.29, 0.717) is 5.89 Å². The van der Waals surface area contributed by atoms with E-state index >= 15 is 0 Å². The molecule has 1 fully saturated rings. The molecule has 140 valence electrons. The molecule has 1 aliphatic carbocycles. The molecule has 1 heterocycles. The van der Waals surface area contributed by atoms with Crippen LogP contribution < -0.4 is 10.1 Å². The van der Waals surface area contributed by atoms with Crippen molar-refractivity contribution in [2.75, 3.05) is 5.32 Å². The van der Waals surface area contributed by atoms with Gasteiger partial charge in [0.25, 0.3) is 5.91 Å². The second-order valence-electron chi connectivity index (χ2n) is 6.16. The number of alkyl halides is 3. The van der Waals surface area contributed by atoms with Gasteiger partial charge in [-0.1, -0.05) is 30.8 Å². The Morgan fingerprint density at radius 1 is 1.08 bits per heavy atom. The van der Waals surface area contributed by atoms with Crippen molar-refractivity contribution in [3.8, 4) is 5.75 Å². The van der Waals surface area contributed by atoms with Crippen molar-refractivity contribution in [1.29, 1.82) is 0 Å². The topological polar surface area (TPSA) is 77.3 Å². The lowest BCUT2D eigenvalue weighted by molar-refractivity contribution is -0.274. The van der Waals surface area contributed by atoms with Crippen molar-refractivity contribution in [3.63, 3.8) is 0 Å². The van der Waals surface area contributed by atoms with E-state index in [-0.39, 0.29) is 17.5 Å². The SMILES string of the molecule is O=C(Nc1nnc(C2CCCCCC2)o1)c1ccc(OC(F)(F)F)cc1. The van der Waals surface area contributed by atoms with Crippen LogP contribution in [-0.4, -0.2) is 22.5 Å². The standard InChI is InChI=1S/C17H18F3N3O3/c18-17(19,20)26-13-9-7-11(8-10-13)14(24)21-16-23-22-15(25-16)12-5-3-1-2-4-6-12/h7-10,12H,1-6H2,(H,21,23,24). The van der Waals surface area contributed by atoms with E-state index < -0.39 is 18.0 Å². The van der Waals surface area contributed by atoms with Crippen LogP contribution in [0, 0.1) is 0 Å². The van der Waals surface area contributed by atoms with E-state index in [9.17, 15) is 18.0 Å². The molecule has 1 aromatic carbocycles. The first kappa shape index (κ1) is 18.2. The van der Waals surface area contributed by atoms with Crippen LogP contribution in [-0.2, 0) is 0 Å². The van der Waals surface area contributed by atoms with Gasteiger partial charge in [-0.15, -0.1) is 18.3 Å². The van der Waals surface area contributed by atoms with E-state index in [1.54, 1.807) is 0 Å². The Labute approximate surface area is 147 Å². The third kappa shape index (κ3) is 4.96. The smallest absolute Gasteiger partial charge is 0.408 e. The minimum Gasteiger partial charge on any atom is -0.408 e. The summed E-state index contributed by atoms with van der Waals surface area (Å²) in [7, 11) is 0. The largest absolute Gasteiger partial charge is 0.573 e. The average molecular weight is 369 g/mol. The summed E-state index contributed by atoms with van der Waals surface area (Å²) >= 11 is 0. The van der Waals surface area contributed by atoms with Gasteiger partial charge in [-0.3, -0.25) is 10.1 Å². The van der Waals surface area contributed by atoms with Gasteiger partial charge < -0.3 is 9.15 Å². The molecule has 0 radical (unpaired) electrons. The summed E-state index contributed by atoms with van der Waals surface area (Å²) in [5, 5.41) is 10.3. The molecule has 0 aliphatic heterocycles. The van der Waals surface area contributed by atoms with E-state index in [4.69, 9.17) is 4.42 Å². The minimum atomic E-state index is -4.78. The third-order valence-corrected chi connectivity index (χ3v) is 4.22. The Hall–Kier alpha value is -2.58. The Morgan fingerprint density at radius 3 is 2.35 bits per heavy atom. The van der Waals surface area contributed by atoms with Crippen LogP contribution in [0.3, 0.4) is 0 Å². The number of hydrogen-bond acceptors (Lipinski definition) is 5. The Bertz CT molecular complexity index is 736. The van der Waals surface area contributed by atoms with Crippen LogP contribution in [0.1, 0.15) is 60.7 Å². The molecule has 1 aromatic heterocycles. The molecule has 1 aliphatic rings. The highest BCUT2D eigenvalue weighted by molar-refractivity contribution is 6.03. The molecule has 0 spiro atoms. The van der Waals surface area contributed by atoms with Crippen molar-refractivity contribution in [2.45, 2.75) is 50.8 Å². The van der Waals surface area contributed by atoms with Crippen LogP contribution in [0.5, 0.6) is 5.75 Å². The number of carbonyl (C=O) groups is 1. The molecular formula is C17H18F3N3O3. The predicted octanol–water partition coefficient (Wildman–Crippen LogP) is 4.66. The molecular weight excluding hydrogens is 351 g/mol. The number of ether oxygens (including phenoxy) is 1. The molecule has 1 amide bonds. The fraction of sp³-hybridized carbons (Fsp3) is 0.471. The monoisotopic (exact) mass is 369 g/mol. The second-order valence-corrected chi connectivity index (χ2v) is 6.16. The normalized spacial score (nSPS) is 16.1. The number of aromatic nitrogens is 2. The average Bonchev–Trinajstić information content (AvgIpc) is 2.87. The van der Waals surface area contributed by atoms with Gasteiger partial charge in [-0.2, -0.15) is 0 Å². The maximum absolute atomic E-state index is 12.1. The van der Waals surface area contributed by atoms with Gasteiger partial charge >= 0.3 is 12.4 Å². The van der Waals surface area contributed by atoms with Gasteiger partial charge in [0, 0.05) is 11.5 Å². The first-order chi connectivity index (χ1) is 12.4. The van der Waals surface area contributed by atoms with Crippen LogP contribution in [0.15, 0.2) is 28.7 Å². The lowest BCUT2D eigenvalue weighted by Crippen LogP contribution is -2.17. The Balaban J connectivity index is 1.61. The van der Waals surface area contributed by atoms with Crippen LogP contribution >= 0.6 is 0 Å². The Kier molecular flexibility index (Phi) is 5.43. The van der Waals surface area contributed by atoms with Crippen LogP contribution in [0.4, 0.5) is 19.2 Å². The number of anilines is 1. The summed E-state index contributed by atoms with van der Waals surface area (Å²) in [6.07, 6.45) is 1.81.